The van der Waals surface area contributed by atoms with Gasteiger partial charge in [0.05, 0.1) is 11.0 Å². The first-order valence-corrected chi connectivity index (χ1v) is 20.9. The average Bonchev–Trinajstić information content (AvgIpc) is 3.77. The minimum absolute atomic E-state index is 0.148. The van der Waals surface area contributed by atoms with Crippen LogP contribution in [-0.4, -0.2) is 15.2 Å². The topological polar surface area (TPSA) is 25.8 Å². The minimum Gasteiger partial charge on any atom is -0.252 e. The molecule has 3 heteroatoms. The zero-order chi connectivity index (χ0) is 39.1. The van der Waals surface area contributed by atoms with Crippen LogP contribution in [0.15, 0.2) is 188 Å². The molecule has 2 atom stereocenters. The van der Waals surface area contributed by atoms with Crippen molar-refractivity contribution >= 4 is 44.3 Å². The lowest BCUT2D eigenvalue weighted by Crippen LogP contribution is -2.15. The van der Waals surface area contributed by atoms with E-state index in [2.05, 4.69) is 185 Å². The van der Waals surface area contributed by atoms with Crippen molar-refractivity contribution in [1.29, 1.82) is 0 Å². The molecule has 1 aliphatic heterocycles. The van der Waals surface area contributed by atoms with Crippen molar-refractivity contribution in [2.24, 2.45) is 0 Å². The minimum atomic E-state index is -0.148. The van der Waals surface area contributed by atoms with Gasteiger partial charge in [-0.1, -0.05) is 147 Å². The Kier molecular flexibility index (Phi) is 7.93. The van der Waals surface area contributed by atoms with Crippen molar-refractivity contribution in [2.45, 2.75) is 35.3 Å². The SMILES string of the molecule is C=CC1Sc2c(-c3ccc(-c4ccc5c(c4)C(C)(C)c4cc(-c6cccc(-c7ccc8c(c7)c7ccccc7c7nccnc87)c6)ccc4-5)cc3)cccc2C1C=C. The summed E-state index contributed by atoms with van der Waals surface area (Å²) in [6, 6.07) is 54.1. The summed E-state index contributed by atoms with van der Waals surface area (Å²) in [5.41, 5.74) is 18.3. The van der Waals surface area contributed by atoms with Gasteiger partial charge in [0.2, 0.25) is 0 Å². The van der Waals surface area contributed by atoms with Crippen molar-refractivity contribution < 1.29 is 0 Å². The van der Waals surface area contributed by atoms with E-state index >= 15 is 0 Å². The van der Waals surface area contributed by atoms with Crippen molar-refractivity contribution in [2.75, 3.05) is 0 Å². The highest BCUT2D eigenvalue weighted by molar-refractivity contribution is 8.00. The Morgan fingerprint density at radius 2 is 1.03 bits per heavy atom. The standard InChI is InChI=1S/C55H40N2S/c1-5-40-47-16-10-15-41(54(47)58-51(40)6-2)34-19-17-33(18-20-34)38-21-24-43-44-25-22-39(32-50(44)55(3,4)49(43)31-38)36-12-9-11-35(29-36)37-23-26-46-48(30-37)42-13-7-8-14-45(42)52-53(46)57-28-27-56-52/h5-32,40,51H,1-2H2,3-4H3. The third kappa shape index (κ3) is 5.27. The Morgan fingerprint density at radius 3 is 1.71 bits per heavy atom. The number of hydrogen-bond acceptors (Lipinski definition) is 3. The van der Waals surface area contributed by atoms with Gasteiger partial charge in [0.25, 0.3) is 0 Å². The zero-order valence-electron chi connectivity index (χ0n) is 32.5. The maximum atomic E-state index is 4.75. The number of hydrogen-bond donors (Lipinski definition) is 0. The molecule has 2 aliphatic rings. The summed E-state index contributed by atoms with van der Waals surface area (Å²) >= 11 is 1.90. The summed E-state index contributed by atoms with van der Waals surface area (Å²) in [5, 5.41) is 4.97. The van der Waals surface area contributed by atoms with Crippen LogP contribution in [0.4, 0.5) is 0 Å². The van der Waals surface area contributed by atoms with Crippen LogP contribution >= 0.6 is 11.8 Å². The van der Waals surface area contributed by atoms with Gasteiger partial charge >= 0.3 is 0 Å². The molecule has 0 amide bonds. The fourth-order valence-corrected chi connectivity index (χ4v) is 11.1. The molecule has 0 spiro atoms. The molecule has 9 aromatic rings. The highest BCUT2D eigenvalue weighted by Crippen LogP contribution is 2.52. The van der Waals surface area contributed by atoms with Gasteiger partial charge in [-0.3, -0.25) is 9.97 Å². The summed E-state index contributed by atoms with van der Waals surface area (Å²) in [4.78, 5) is 10.8. The first-order valence-electron chi connectivity index (χ1n) is 20.0. The van der Waals surface area contributed by atoms with Crippen LogP contribution in [0.3, 0.4) is 0 Å². The maximum absolute atomic E-state index is 4.75. The van der Waals surface area contributed by atoms with Gasteiger partial charge in [-0.2, -0.15) is 0 Å². The van der Waals surface area contributed by atoms with E-state index in [0.717, 1.165) is 21.8 Å². The summed E-state index contributed by atoms with van der Waals surface area (Å²) in [6.07, 6.45) is 7.69. The lowest BCUT2D eigenvalue weighted by atomic mass is 9.80. The molecule has 0 N–H and O–H groups in total. The predicted molar refractivity (Wildman–Crippen MR) is 247 cm³/mol. The lowest BCUT2D eigenvalue weighted by Gasteiger charge is -2.23. The Morgan fingerprint density at radius 1 is 0.483 bits per heavy atom. The average molecular weight is 761 g/mol. The lowest BCUT2D eigenvalue weighted by molar-refractivity contribution is 0.661. The van der Waals surface area contributed by atoms with Crippen LogP contribution in [0.2, 0.25) is 0 Å². The van der Waals surface area contributed by atoms with Gasteiger partial charge < -0.3 is 0 Å². The van der Waals surface area contributed by atoms with E-state index < -0.39 is 0 Å². The number of nitrogens with zero attached hydrogens (tertiary/aromatic N) is 2. The molecule has 58 heavy (non-hydrogen) atoms. The summed E-state index contributed by atoms with van der Waals surface area (Å²) in [5.74, 6) is 0.298. The molecule has 0 radical (unpaired) electrons. The number of aromatic nitrogens is 2. The van der Waals surface area contributed by atoms with Crippen molar-refractivity contribution in [3.63, 3.8) is 0 Å². The molecule has 1 aliphatic carbocycles. The molecule has 0 bridgehead atoms. The molecule has 0 fully saturated rings. The quantitative estimate of drug-likeness (QED) is 0.125. The Bertz CT molecular complexity index is 3140. The molecular formula is C55H40N2S. The molecular weight excluding hydrogens is 721 g/mol. The fraction of sp³-hybridized carbons (Fsp3) is 0.0909. The van der Waals surface area contributed by atoms with E-state index in [1.54, 1.807) is 12.4 Å². The van der Waals surface area contributed by atoms with E-state index in [9.17, 15) is 0 Å². The van der Waals surface area contributed by atoms with E-state index in [1.807, 2.05) is 11.8 Å². The Balaban J connectivity index is 0.908. The molecule has 11 rings (SSSR count). The van der Waals surface area contributed by atoms with Crippen LogP contribution < -0.4 is 0 Å². The molecule has 276 valence electrons. The molecule has 8 aromatic carbocycles. The molecule has 0 saturated heterocycles. The van der Waals surface area contributed by atoms with E-state index in [0.29, 0.717) is 11.2 Å². The number of benzene rings is 8. The van der Waals surface area contributed by atoms with E-state index in [1.165, 1.54) is 88.0 Å². The molecule has 1 aromatic heterocycles. The Hall–Kier alpha value is -6.55. The van der Waals surface area contributed by atoms with E-state index in [-0.39, 0.29) is 5.41 Å². The second kappa shape index (κ2) is 13.3. The van der Waals surface area contributed by atoms with Crippen LogP contribution in [0.1, 0.15) is 36.5 Å². The highest BCUT2D eigenvalue weighted by Gasteiger charge is 2.36. The first kappa shape index (κ1) is 34.7. The molecule has 2 unspecified atom stereocenters. The highest BCUT2D eigenvalue weighted by atomic mass is 32.2. The van der Waals surface area contributed by atoms with Crippen LogP contribution in [0.25, 0.3) is 88.2 Å². The van der Waals surface area contributed by atoms with Gasteiger partial charge in [0, 0.05) is 44.6 Å². The maximum Gasteiger partial charge on any atom is 0.0971 e. The largest absolute Gasteiger partial charge is 0.252 e. The summed E-state index contributed by atoms with van der Waals surface area (Å²) in [7, 11) is 0. The molecule has 2 nitrogen and oxygen atoms in total. The fourth-order valence-electron chi connectivity index (χ4n) is 9.65. The van der Waals surface area contributed by atoms with Crippen LogP contribution in [0, 0.1) is 0 Å². The summed E-state index contributed by atoms with van der Waals surface area (Å²) in [6.45, 7) is 13.0. The second-order valence-corrected chi connectivity index (χ2v) is 17.4. The predicted octanol–water partition coefficient (Wildman–Crippen LogP) is 14.8. The molecule has 2 heterocycles. The van der Waals surface area contributed by atoms with Gasteiger partial charge in [-0.25, -0.2) is 0 Å². The normalized spacial score (nSPS) is 16.3. The van der Waals surface area contributed by atoms with Gasteiger partial charge in [-0.05, 0) is 107 Å². The zero-order valence-corrected chi connectivity index (χ0v) is 33.4. The second-order valence-electron chi connectivity index (χ2n) is 16.2. The van der Waals surface area contributed by atoms with Crippen LogP contribution in [-0.2, 0) is 5.41 Å². The van der Waals surface area contributed by atoms with Crippen LogP contribution in [0.5, 0.6) is 0 Å². The van der Waals surface area contributed by atoms with Crippen molar-refractivity contribution in [1.82, 2.24) is 9.97 Å². The first-order chi connectivity index (χ1) is 28.4. The smallest absolute Gasteiger partial charge is 0.0971 e. The number of rotatable bonds is 6. The van der Waals surface area contributed by atoms with E-state index in [4.69, 9.17) is 9.97 Å². The summed E-state index contributed by atoms with van der Waals surface area (Å²) < 4.78 is 0. The monoisotopic (exact) mass is 760 g/mol. The van der Waals surface area contributed by atoms with Gasteiger partial charge in [-0.15, -0.1) is 24.9 Å². The molecule has 0 saturated carbocycles. The van der Waals surface area contributed by atoms with Gasteiger partial charge in [0.15, 0.2) is 0 Å². The third-order valence-corrected chi connectivity index (χ3v) is 14.1. The number of thioether (sulfide) groups is 1. The van der Waals surface area contributed by atoms with Gasteiger partial charge in [0.1, 0.15) is 0 Å². The number of fused-ring (bicyclic) bond motifs is 10. The van der Waals surface area contributed by atoms with Crippen molar-refractivity contribution in [3.05, 3.63) is 200 Å². The Labute approximate surface area is 343 Å². The van der Waals surface area contributed by atoms with Crippen molar-refractivity contribution in [3.8, 4) is 55.6 Å². The third-order valence-electron chi connectivity index (χ3n) is 12.7. The number of allylic oxidation sites excluding steroid dienone is 1.